The smallest absolute Gasteiger partial charge is 0.257 e. The standard InChI is InChI=1S/C28H28O3S.H2S/c1-20-15-17-25(18-16-20)32(29,30)31-27-22(3)19-21(2)26(23-11-7-5-8-12-23)28(27,4)24-13-9-6-10-14-24;/h5-19,27H,1-4H3;1H2. The quantitative estimate of drug-likeness (QED) is 0.389. The molecule has 1 aliphatic carbocycles. The minimum absolute atomic E-state index is 0. The third kappa shape index (κ3) is 4.72. The Labute approximate surface area is 204 Å². The first-order valence-electron chi connectivity index (χ1n) is 10.7. The van der Waals surface area contributed by atoms with E-state index in [1.165, 1.54) is 0 Å². The maximum Gasteiger partial charge on any atom is 0.297 e. The lowest BCUT2D eigenvalue weighted by atomic mass is 9.64. The highest BCUT2D eigenvalue weighted by Crippen LogP contribution is 2.49. The zero-order valence-electron chi connectivity index (χ0n) is 19.4. The number of hydrogen-bond acceptors (Lipinski definition) is 3. The van der Waals surface area contributed by atoms with Gasteiger partial charge in [0, 0.05) is 5.41 Å². The molecule has 0 bridgehead atoms. The number of benzene rings is 3. The van der Waals surface area contributed by atoms with Crippen LogP contribution in [-0.2, 0) is 19.7 Å². The summed E-state index contributed by atoms with van der Waals surface area (Å²) in [6.45, 7) is 8.04. The van der Waals surface area contributed by atoms with E-state index < -0.39 is 21.6 Å². The zero-order chi connectivity index (χ0) is 22.9. The van der Waals surface area contributed by atoms with Gasteiger partial charge in [-0.1, -0.05) is 84.4 Å². The highest BCUT2D eigenvalue weighted by atomic mass is 32.2. The molecular formula is C28H30O3S2. The fourth-order valence-electron chi connectivity index (χ4n) is 4.76. The molecule has 2 atom stereocenters. The van der Waals surface area contributed by atoms with E-state index in [1.807, 2.05) is 68.5 Å². The van der Waals surface area contributed by atoms with Crippen LogP contribution in [0.4, 0.5) is 0 Å². The van der Waals surface area contributed by atoms with Gasteiger partial charge in [-0.05, 0) is 67.7 Å². The van der Waals surface area contributed by atoms with Gasteiger partial charge in [0.05, 0.1) is 4.90 Å². The van der Waals surface area contributed by atoms with Crippen LogP contribution in [0.15, 0.2) is 107 Å². The van der Waals surface area contributed by atoms with Crippen molar-refractivity contribution in [3.8, 4) is 0 Å². The molecule has 5 heteroatoms. The molecule has 3 nitrogen and oxygen atoms in total. The molecule has 0 saturated carbocycles. The SMILES string of the molecule is CC1=CC(C)=C(c2ccccc2)C(C)(c2ccccc2)C1OS(=O)(=O)c1ccc(C)cc1.S. The summed E-state index contributed by atoms with van der Waals surface area (Å²) >= 11 is 0. The van der Waals surface area contributed by atoms with Gasteiger partial charge in [0.2, 0.25) is 0 Å². The predicted molar refractivity (Wildman–Crippen MR) is 140 cm³/mol. The van der Waals surface area contributed by atoms with Gasteiger partial charge in [-0.2, -0.15) is 21.9 Å². The van der Waals surface area contributed by atoms with Crippen LogP contribution in [0.3, 0.4) is 0 Å². The molecule has 4 rings (SSSR count). The van der Waals surface area contributed by atoms with E-state index in [0.29, 0.717) is 0 Å². The summed E-state index contributed by atoms with van der Waals surface area (Å²) in [6, 6.07) is 26.9. The van der Waals surface area contributed by atoms with Crippen LogP contribution in [0.2, 0.25) is 0 Å². The van der Waals surface area contributed by atoms with Gasteiger partial charge in [0.25, 0.3) is 10.1 Å². The van der Waals surface area contributed by atoms with Crippen molar-refractivity contribution in [1.29, 1.82) is 0 Å². The molecule has 0 fully saturated rings. The lowest BCUT2D eigenvalue weighted by molar-refractivity contribution is 0.184. The molecule has 0 heterocycles. The Hall–Kier alpha value is -2.60. The number of hydrogen-bond donors (Lipinski definition) is 0. The Morgan fingerprint density at radius 1 is 0.788 bits per heavy atom. The van der Waals surface area contributed by atoms with Gasteiger partial charge in [0.1, 0.15) is 6.10 Å². The maximum atomic E-state index is 13.3. The molecule has 172 valence electrons. The van der Waals surface area contributed by atoms with E-state index in [9.17, 15) is 8.42 Å². The second-order valence-corrected chi connectivity index (χ2v) is 10.2. The van der Waals surface area contributed by atoms with E-state index in [4.69, 9.17) is 4.18 Å². The van der Waals surface area contributed by atoms with Crippen molar-refractivity contribution < 1.29 is 12.6 Å². The summed E-state index contributed by atoms with van der Waals surface area (Å²) in [5, 5.41) is 0. The first-order valence-corrected chi connectivity index (χ1v) is 12.1. The number of rotatable bonds is 5. The van der Waals surface area contributed by atoms with Crippen LogP contribution >= 0.6 is 13.5 Å². The van der Waals surface area contributed by atoms with Gasteiger partial charge in [-0.25, -0.2) is 0 Å². The second kappa shape index (κ2) is 9.72. The van der Waals surface area contributed by atoms with Gasteiger partial charge < -0.3 is 0 Å². The van der Waals surface area contributed by atoms with Crippen molar-refractivity contribution in [2.75, 3.05) is 0 Å². The van der Waals surface area contributed by atoms with E-state index >= 15 is 0 Å². The van der Waals surface area contributed by atoms with Crippen LogP contribution < -0.4 is 0 Å². The predicted octanol–water partition coefficient (Wildman–Crippen LogP) is 6.57. The Bertz CT molecular complexity index is 1280. The minimum Gasteiger partial charge on any atom is -0.257 e. The Balaban J connectivity index is 0.00000306. The van der Waals surface area contributed by atoms with Crippen molar-refractivity contribution in [3.05, 3.63) is 119 Å². The van der Waals surface area contributed by atoms with Gasteiger partial charge >= 0.3 is 0 Å². The van der Waals surface area contributed by atoms with Crippen LogP contribution in [0.5, 0.6) is 0 Å². The molecule has 3 aromatic rings. The lowest BCUT2D eigenvalue weighted by Gasteiger charge is -2.43. The van der Waals surface area contributed by atoms with Crippen LogP contribution in [-0.4, -0.2) is 14.5 Å². The highest BCUT2D eigenvalue weighted by Gasteiger charge is 2.46. The molecule has 0 N–H and O–H groups in total. The van der Waals surface area contributed by atoms with E-state index in [0.717, 1.165) is 33.4 Å². The normalized spacial score (nSPS) is 20.7. The molecule has 0 saturated heterocycles. The Morgan fingerprint density at radius 2 is 1.33 bits per heavy atom. The van der Waals surface area contributed by atoms with E-state index in [2.05, 4.69) is 26.0 Å². The summed E-state index contributed by atoms with van der Waals surface area (Å²) in [4.78, 5) is 0.166. The maximum absolute atomic E-state index is 13.3. The van der Waals surface area contributed by atoms with E-state index in [-0.39, 0.29) is 18.4 Å². The van der Waals surface area contributed by atoms with Crippen LogP contribution in [0, 0.1) is 6.92 Å². The molecule has 1 aliphatic rings. The molecule has 0 aliphatic heterocycles. The van der Waals surface area contributed by atoms with Crippen molar-refractivity contribution in [2.45, 2.75) is 44.1 Å². The molecule has 3 aromatic carbocycles. The summed E-state index contributed by atoms with van der Waals surface area (Å²) in [6.07, 6.45) is 1.36. The minimum atomic E-state index is -3.98. The first-order chi connectivity index (χ1) is 15.2. The highest BCUT2D eigenvalue weighted by molar-refractivity contribution is 7.86. The summed E-state index contributed by atoms with van der Waals surface area (Å²) in [7, 11) is -3.98. The lowest BCUT2D eigenvalue weighted by Crippen LogP contribution is -2.44. The molecule has 0 radical (unpaired) electrons. The number of aryl methyl sites for hydroxylation is 1. The second-order valence-electron chi connectivity index (χ2n) is 8.62. The molecular weight excluding hydrogens is 448 g/mol. The van der Waals surface area contributed by atoms with Gasteiger partial charge in [-0.15, -0.1) is 0 Å². The first kappa shape index (κ1) is 25.0. The molecule has 0 amide bonds. The fraction of sp³-hybridized carbons (Fsp3) is 0.214. The largest absolute Gasteiger partial charge is 0.297 e. The Kier molecular flexibility index (Phi) is 7.37. The van der Waals surface area contributed by atoms with Crippen molar-refractivity contribution >= 4 is 29.2 Å². The Morgan fingerprint density at radius 3 is 1.91 bits per heavy atom. The van der Waals surface area contributed by atoms with E-state index in [1.54, 1.807) is 24.3 Å². The molecule has 0 aromatic heterocycles. The van der Waals surface area contributed by atoms with Crippen LogP contribution in [0.1, 0.15) is 37.5 Å². The van der Waals surface area contributed by atoms with Gasteiger partial charge in [-0.3, -0.25) is 4.18 Å². The van der Waals surface area contributed by atoms with Crippen molar-refractivity contribution in [1.82, 2.24) is 0 Å². The molecule has 2 unspecified atom stereocenters. The summed E-state index contributed by atoms with van der Waals surface area (Å²) < 4.78 is 32.7. The summed E-state index contributed by atoms with van der Waals surface area (Å²) in [5.41, 5.74) is 5.41. The monoisotopic (exact) mass is 478 g/mol. The van der Waals surface area contributed by atoms with Crippen molar-refractivity contribution in [2.24, 2.45) is 0 Å². The third-order valence-electron chi connectivity index (χ3n) is 6.26. The third-order valence-corrected chi connectivity index (χ3v) is 7.56. The van der Waals surface area contributed by atoms with Crippen molar-refractivity contribution in [3.63, 3.8) is 0 Å². The summed E-state index contributed by atoms with van der Waals surface area (Å²) in [5.74, 6) is 0. The average molecular weight is 479 g/mol. The molecule has 0 spiro atoms. The van der Waals surface area contributed by atoms with Crippen LogP contribution in [0.25, 0.3) is 5.57 Å². The fourth-order valence-corrected chi connectivity index (χ4v) is 5.94. The number of allylic oxidation sites excluding steroid dienone is 2. The topological polar surface area (TPSA) is 43.4 Å². The van der Waals surface area contributed by atoms with Gasteiger partial charge in [0.15, 0.2) is 0 Å². The molecule has 33 heavy (non-hydrogen) atoms. The zero-order valence-corrected chi connectivity index (χ0v) is 21.2. The average Bonchev–Trinajstić information content (AvgIpc) is 2.78.